The summed E-state index contributed by atoms with van der Waals surface area (Å²) in [6, 6.07) is 13.7. The van der Waals surface area contributed by atoms with Crippen LogP contribution in [0.5, 0.6) is 17.5 Å². The quantitative estimate of drug-likeness (QED) is 0.343. The van der Waals surface area contributed by atoms with Crippen LogP contribution < -0.4 is 24.8 Å². The molecule has 1 fully saturated rings. The minimum atomic E-state index is -0.0830. The molecule has 0 radical (unpaired) electrons. The Balaban J connectivity index is 1.38. The highest BCUT2D eigenvalue weighted by atomic mass is 16.5. The van der Waals surface area contributed by atoms with Gasteiger partial charge in [0.05, 0.1) is 25.4 Å². The number of carbonyl (C=O) groups excluding carboxylic acids is 2. The van der Waals surface area contributed by atoms with Gasteiger partial charge in [-0.05, 0) is 68.9 Å². The third kappa shape index (κ3) is 9.54. The molecule has 3 aliphatic rings. The number of nitrogens with zero attached hydrogens (tertiary/aromatic N) is 4. The zero-order chi connectivity index (χ0) is 31.4. The highest BCUT2D eigenvalue weighted by Crippen LogP contribution is 2.30. The minimum absolute atomic E-state index is 0.0830. The monoisotopic (exact) mass is 616 g/mol. The van der Waals surface area contributed by atoms with Crippen molar-refractivity contribution in [1.29, 1.82) is 0 Å². The van der Waals surface area contributed by atoms with Crippen LogP contribution in [0, 0.1) is 5.92 Å². The first-order valence-corrected chi connectivity index (χ1v) is 16.1. The number of carbonyl (C=O) groups is 2. The van der Waals surface area contributed by atoms with Gasteiger partial charge in [0, 0.05) is 37.8 Å². The summed E-state index contributed by atoms with van der Waals surface area (Å²) in [5.41, 5.74) is 2.24. The van der Waals surface area contributed by atoms with E-state index in [-0.39, 0.29) is 23.6 Å². The highest BCUT2D eigenvalue weighted by molar-refractivity contribution is 5.97. The second-order valence-electron chi connectivity index (χ2n) is 11.7. The largest absolute Gasteiger partial charge is 0.494 e. The molecule has 1 amide bonds. The van der Waals surface area contributed by atoms with Gasteiger partial charge < -0.3 is 34.5 Å². The van der Waals surface area contributed by atoms with Crippen LogP contribution in [-0.4, -0.2) is 64.5 Å². The summed E-state index contributed by atoms with van der Waals surface area (Å²) in [5.74, 6) is 2.31. The smallest absolute Gasteiger partial charge is 0.323 e. The molecule has 1 unspecified atom stereocenters. The number of benzene rings is 2. The molecular formula is C34H44N6O5. The lowest BCUT2D eigenvalue weighted by molar-refractivity contribution is -0.117. The van der Waals surface area contributed by atoms with Crippen LogP contribution in [0.25, 0.3) is 0 Å². The van der Waals surface area contributed by atoms with Crippen LogP contribution >= 0.6 is 0 Å². The van der Waals surface area contributed by atoms with Crippen molar-refractivity contribution in [2.75, 3.05) is 43.5 Å². The number of rotatable bonds is 5. The average Bonchev–Trinajstić information content (AvgIpc) is 3.49. The summed E-state index contributed by atoms with van der Waals surface area (Å²) in [4.78, 5) is 40.5. The van der Waals surface area contributed by atoms with Gasteiger partial charge in [-0.1, -0.05) is 37.8 Å². The number of likely N-dealkylation sites (tertiary alicyclic amines) is 1. The van der Waals surface area contributed by atoms with Crippen molar-refractivity contribution < 1.29 is 23.8 Å². The van der Waals surface area contributed by atoms with Crippen LogP contribution in [0.2, 0.25) is 0 Å². The maximum Gasteiger partial charge on any atom is 0.323 e. The van der Waals surface area contributed by atoms with Gasteiger partial charge in [-0.3, -0.25) is 4.79 Å². The second-order valence-corrected chi connectivity index (χ2v) is 11.7. The fourth-order valence-corrected chi connectivity index (χ4v) is 5.64. The maximum atomic E-state index is 13.6. The van der Waals surface area contributed by atoms with E-state index in [2.05, 4.69) is 25.6 Å². The number of ketones is 1. The van der Waals surface area contributed by atoms with Crippen LogP contribution in [-0.2, 0) is 11.3 Å². The number of ether oxygens (including phenoxy) is 3. The number of anilines is 3. The van der Waals surface area contributed by atoms with Crippen LogP contribution in [0.1, 0.15) is 81.1 Å². The zero-order valence-corrected chi connectivity index (χ0v) is 26.3. The number of amides is 1. The first-order valence-electron chi connectivity index (χ1n) is 16.1. The molecule has 11 nitrogen and oxygen atoms in total. The average molecular weight is 617 g/mol. The van der Waals surface area contributed by atoms with E-state index in [0.29, 0.717) is 74.8 Å². The summed E-state index contributed by atoms with van der Waals surface area (Å²) in [6.45, 7) is 6.80. The number of Topliss-reactive ketones (excluding diaryl/α,β-unsaturated/α-hetero) is 1. The number of fused-ring (bicyclic) bond motifs is 12. The van der Waals surface area contributed by atoms with Crippen molar-refractivity contribution in [3.05, 3.63) is 53.6 Å². The molecule has 3 aliphatic heterocycles. The van der Waals surface area contributed by atoms with E-state index in [0.717, 1.165) is 56.3 Å². The molecule has 1 atom stereocenters. The number of hydrogen-bond acceptors (Lipinski definition) is 10. The first-order chi connectivity index (χ1) is 22.0. The Bertz CT molecular complexity index is 1430. The number of nitrogens with one attached hydrogen (secondary N) is 2. The van der Waals surface area contributed by atoms with Crippen molar-refractivity contribution in [3.63, 3.8) is 0 Å². The van der Waals surface area contributed by atoms with E-state index in [1.54, 1.807) is 13.0 Å². The molecule has 3 aromatic rings. The topological polar surface area (TPSA) is 128 Å². The predicted octanol–water partition coefficient (Wildman–Crippen LogP) is 6.18. The molecule has 1 saturated heterocycles. The standard InChI is InChI=1S/C34H44N6O5/c1-3-43-34-38-32-35-22-25-10-13-28(14-11-25)44-18-8-6-4-5-7-9-19-45-30-21-27(36-33(37-32)39-34)12-15-29(30)31(42)40-17-16-26(23-40)20-24(2)41/h10-15,21,26H,3-9,16-20,22-23H2,1-2H3,(H2,35,36,37,38,39). The van der Waals surface area contributed by atoms with Crippen molar-refractivity contribution in [3.8, 4) is 17.5 Å². The Kier molecular flexibility index (Phi) is 11.4. The summed E-state index contributed by atoms with van der Waals surface area (Å²) in [5, 5.41) is 6.51. The SMILES string of the molecule is CCOc1nc2nc(n1)Nc1ccc(C(=O)N3CCC(CC(C)=O)C3)c(c1)OCCCCCCCCOc1ccc(cc1)CN2. The van der Waals surface area contributed by atoms with Crippen LogP contribution in [0.3, 0.4) is 0 Å². The number of aromatic nitrogens is 3. The highest BCUT2D eigenvalue weighted by Gasteiger charge is 2.29. The summed E-state index contributed by atoms with van der Waals surface area (Å²) >= 11 is 0. The molecule has 2 aromatic carbocycles. The molecule has 11 heteroatoms. The molecule has 6 bridgehead atoms. The molecule has 45 heavy (non-hydrogen) atoms. The van der Waals surface area contributed by atoms with Gasteiger partial charge >= 0.3 is 6.01 Å². The summed E-state index contributed by atoms with van der Waals surface area (Å²) in [6.07, 6.45) is 7.65. The van der Waals surface area contributed by atoms with E-state index in [4.69, 9.17) is 14.2 Å². The molecule has 1 aromatic heterocycles. The van der Waals surface area contributed by atoms with Gasteiger partial charge in [0.1, 0.15) is 17.3 Å². The summed E-state index contributed by atoms with van der Waals surface area (Å²) < 4.78 is 17.8. The molecule has 240 valence electrons. The van der Waals surface area contributed by atoms with Crippen LogP contribution in [0.15, 0.2) is 42.5 Å². The molecule has 0 aliphatic carbocycles. The lowest BCUT2D eigenvalue weighted by atomic mass is 10.0. The normalized spacial score (nSPS) is 17.7. The molecule has 4 heterocycles. The lowest BCUT2D eigenvalue weighted by Crippen LogP contribution is -2.29. The first kappa shape index (κ1) is 32.0. The predicted molar refractivity (Wildman–Crippen MR) is 172 cm³/mol. The molecule has 0 spiro atoms. The van der Waals surface area contributed by atoms with Crippen molar-refractivity contribution in [2.24, 2.45) is 5.92 Å². The van der Waals surface area contributed by atoms with Gasteiger partial charge in [0.2, 0.25) is 11.9 Å². The Hall–Kier alpha value is -4.41. The minimum Gasteiger partial charge on any atom is -0.494 e. The van der Waals surface area contributed by atoms with Gasteiger partial charge in [-0.2, -0.15) is 15.0 Å². The Morgan fingerprint density at radius 3 is 2.42 bits per heavy atom. The van der Waals surface area contributed by atoms with Gasteiger partial charge in [-0.25, -0.2) is 0 Å². The van der Waals surface area contributed by atoms with Crippen molar-refractivity contribution >= 4 is 29.3 Å². The second kappa shape index (κ2) is 16.1. The Morgan fingerprint density at radius 1 is 0.933 bits per heavy atom. The van der Waals surface area contributed by atoms with Crippen molar-refractivity contribution in [2.45, 2.75) is 71.8 Å². The maximum absolute atomic E-state index is 13.6. The van der Waals surface area contributed by atoms with Crippen molar-refractivity contribution in [1.82, 2.24) is 19.9 Å². The van der Waals surface area contributed by atoms with E-state index in [9.17, 15) is 9.59 Å². The summed E-state index contributed by atoms with van der Waals surface area (Å²) in [7, 11) is 0. The molecule has 0 saturated carbocycles. The van der Waals surface area contributed by atoms with E-state index in [1.165, 1.54) is 0 Å². The fraction of sp³-hybridized carbons (Fsp3) is 0.500. The van der Waals surface area contributed by atoms with E-state index < -0.39 is 0 Å². The van der Waals surface area contributed by atoms with Gasteiger partial charge in [-0.15, -0.1) is 0 Å². The Morgan fingerprint density at radius 2 is 1.67 bits per heavy atom. The van der Waals surface area contributed by atoms with Gasteiger partial charge in [0.15, 0.2) is 0 Å². The van der Waals surface area contributed by atoms with E-state index in [1.807, 2.05) is 48.2 Å². The molecule has 2 N–H and O–H groups in total. The van der Waals surface area contributed by atoms with Crippen LogP contribution in [0.4, 0.5) is 17.6 Å². The fourth-order valence-electron chi connectivity index (χ4n) is 5.64. The number of hydrogen-bond donors (Lipinski definition) is 2. The third-order valence-electron chi connectivity index (χ3n) is 7.94. The third-order valence-corrected chi connectivity index (χ3v) is 7.94. The van der Waals surface area contributed by atoms with E-state index >= 15 is 0 Å². The molecular weight excluding hydrogens is 572 g/mol. The Labute approximate surface area is 265 Å². The lowest BCUT2D eigenvalue weighted by Gasteiger charge is -2.20. The zero-order valence-electron chi connectivity index (χ0n) is 26.3. The molecule has 6 rings (SSSR count). The van der Waals surface area contributed by atoms with Gasteiger partial charge in [0.25, 0.3) is 5.91 Å².